The molecule has 0 bridgehead atoms. The lowest BCUT2D eigenvalue weighted by Crippen LogP contribution is -2.14. The second-order valence-corrected chi connectivity index (χ2v) is 5.76. The molecule has 8 heteroatoms. The molecule has 7 nitrogen and oxygen atoms in total. The van der Waals surface area contributed by atoms with Gasteiger partial charge in [0.1, 0.15) is 10.5 Å². The molecule has 2 aromatic rings. The Kier molecular flexibility index (Phi) is 4.22. The summed E-state index contributed by atoms with van der Waals surface area (Å²) in [5.74, 6) is -1.93. The lowest BCUT2D eigenvalue weighted by Gasteiger charge is -2.14. The first-order valence-corrected chi connectivity index (χ1v) is 7.47. The van der Waals surface area contributed by atoms with Crippen molar-refractivity contribution < 1.29 is 27.2 Å². The fourth-order valence-corrected chi connectivity index (χ4v) is 2.76. The van der Waals surface area contributed by atoms with Crippen LogP contribution in [-0.2, 0) is 10.1 Å². The van der Waals surface area contributed by atoms with Gasteiger partial charge in [-0.2, -0.15) is 8.42 Å². The quantitative estimate of drug-likeness (QED) is 0.636. The Balaban J connectivity index is 2.58. The van der Waals surface area contributed by atoms with Crippen LogP contribution in [0.4, 0.5) is 5.69 Å². The van der Waals surface area contributed by atoms with Crippen LogP contribution in [0.1, 0.15) is 10.4 Å². The summed E-state index contributed by atoms with van der Waals surface area (Å²) in [6, 6.07) is 9.96. The number of ether oxygens (including phenoxy) is 1. The van der Waals surface area contributed by atoms with Gasteiger partial charge in [-0.05, 0) is 24.3 Å². The van der Waals surface area contributed by atoms with E-state index in [0.717, 1.165) is 0 Å². The Labute approximate surface area is 127 Å². The summed E-state index contributed by atoms with van der Waals surface area (Å²) in [5, 5.41) is 9.22. The van der Waals surface area contributed by atoms with Gasteiger partial charge in [-0.15, -0.1) is 0 Å². The normalized spacial score (nSPS) is 11.0. The van der Waals surface area contributed by atoms with Crippen molar-refractivity contribution >= 4 is 21.8 Å². The van der Waals surface area contributed by atoms with E-state index in [1.54, 1.807) is 6.07 Å². The molecule has 0 radical (unpaired) electrons. The number of anilines is 1. The van der Waals surface area contributed by atoms with Gasteiger partial charge in [0.15, 0.2) is 5.75 Å². The molecular weight excluding hydrogens is 310 g/mol. The zero-order chi connectivity index (χ0) is 16.3. The van der Waals surface area contributed by atoms with Crippen LogP contribution in [0.5, 0.6) is 11.5 Å². The zero-order valence-electron chi connectivity index (χ0n) is 11.5. The van der Waals surface area contributed by atoms with E-state index in [0.29, 0.717) is 0 Å². The Morgan fingerprint density at radius 2 is 1.77 bits per heavy atom. The molecule has 0 heterocycles. The molecule has 0 aliphatic heterocycles. The molecule has 2 aromatic carbocycles. The minimum absolute atomic E-state index is 0.0499. The summed E-state index contributed by atoms with van der Waals surface area (Å²) in [4.78, 5) is 11.2. The molecule has 0 saturated carbocycles. The van der Waals surface area contributed by atoms with Gasteiger partial charge in [0.2, 0.25) is 5.75 Å². The molecule has 0 spiro atoms. The van der Waals surface area contributed by atoms with Crippen molar-refractivity contribution in [3.05, 3.63) is 48.0 Å². The average Bonchev–Trinajstić information content (AvgIpc) is 2.48. The molecule has 0 unspecified atom stereocenters. The standard InChI is InChI=1S/C14H13NO6S/c1-20-11-8-7-10(15)12(14(16)17)13(11)21-22(18,19)9-5-3-2-4-6-9/h2-8H,15H2,1H3,(H,16,17). The third-order valence-corrected chi connectivity index (χ3v) is 4.05. The van der Waals surface area contributed by atoms with Gasteiger partial charge < -0.3 is 19.8 Å². The maximum Gasteiger partial charge on any atom is 0.341 e. The topological polar surface area (TPSA) is 116 Å². The van der Waals surface area contributed by atoms with Crippen molar-refractivity contribution in [1.82, 2.24) is 0 Å². The molecule has 0 amide bonds. The van der Waals surface area contributed by atoms with Crippen LogP contribution in [0.2, 0.25) is 0 Å². The Hall–Kier alpha value is -2.74. The summed E-state index contributed by atoms with van der Waals surface area (Å²) in [6.45, 7) is 0. The first-order valence-electron chi connectivity index (χ1n) is 6.06. The largest absolute Gasteiger partial charge is 0.493 e. The van der Waals surface area contributed by atoms with E-state index in [4.69, 9.17) is 14.7 Å². The van der Waals surface area contributed by atoms with Crippen LogP contribution in [0.25, 0.3) is 0 Å². The van der Waals surface area contributed by atoms with Crippen LogP contribution >= 0.6 is 0 Å². The second-order valence-electron chi connectivity index (χ2n) is 4.22. The number of rotatable bonds is 5. The Morgan fingerprint density at radius 1 is 1.14 bits per heavy atom. The molecule has 0 aliphatic carbocycles. The number of methoxy groups -OCH3 is 1. The molecule has 22 heavy (non-hydrogen) atoms. The minimum atomic E-state index is -4.22. The van der Waals surface area contributed by atoms with Gasteiger partial charge in [-0.3, -0.25) is 0 Å². The highest BCUT2D eigenvalue weighted by atomic mass is 32.2. The van der Waals surface area contributed by atoms with E-state index >= 15 is 0 Å². The summed E-state index contributed by atoms with van der Waals surface area (Å²) in [6.07, 6.45) is 0. The Morgan fingerprint density at radius 3 is 2.32 bits per heavy atom. The first kappa shape index (κ1) is 15.6. The van der Waals surface area contributed by atoms with Crippen LogP contribution in [0, 0.1) is 0 Å². The van der Waals surface area contributed by atoms with Crippen LogP contribution in [-0.4, -0.2) is 26.6 Å². The number of hydrogen-bond donors (Lipinski definition) is 2. The molecular formula is C14H13NO6S. The number of nitrogens with two attached hydrogens (primary N) is 1. The first-order chi connectivity index (χ1) is 10.4. The number of nitrogen functional groups attached to an aromatic ring is 1. The van der Waals surface area contributed by atoms with Crippen LogP contribution in [0.15, 0.2) is 47.4 Å². The molecule has 0 fully saturated rings. The van der Waals surface area contributed by atoms with Gasteiger partial charge in [0.25, 0.3) is 0 Å². The summed E-state index contributed by atoms with van der Waals surface area (Å²) < 4.78 is 34.4. The molecule has 0 saturated heterocycles. The van der Waals surface area contributed by atoms with Crippen molar-refractivity contribution in [2.45, 2.75) is 4.90 Å². The van der Waals surface area contributed by atoms with Crippen LogP contribution in [0.3, 0.4) is 0 Å². The highest BCUT2D eigenvalue weighted by molar-refractivity contribution is 7.87. The predicted molar refractivity (Wildman–Crippen MR) is 78.6 cm³/mol. The number of carboxylic acids is 1. The molecule has 116 valence electrons. The summed E-state index contributed by atoms with van der Waals surface area (Å²) in [7, 11) is -2.95. The van der Waals surface area contributed by atoms with Crippen molar-refractivity contribution in [2.75, 3.05) is 12.8 Å². The Bertz CT molecular complexity index is 802. The minimum Gasteiger partial charge on any atom is -0.493 e. The number of carboxylic acid groups (broad SMARTS) is 1. The van der Waals surface area contributed by atoms with E-state index in [2.05, 4.69) is 0 Å². The lowest BCUT2D eigenvalue weighted by molar-refractivity contribution is 0.0695. The van der Waals surface area contributed by atoms with Crippen molar-refractivity contribution in [3.8, 4) is 11.5 Å². The molecule has 2 rings (SSSR count). The highest BCUT2D eigenvalue weighted by Crippen LogP contribution is 2.37. The maximum atomic E-state index is 12.2. The second kappa shape index (κ2) is 5.94. The van der Waals surface area contributed by atoms with Gasteiger partial charge in [0, 0.05) is 0 Å². The number of carbonyl (C=O) groups is 1. The molecule has 0 atom stereocenters. The third kappa shape index (κ3) is 2.96. The van der Waals surface area contributed by atoms with Gasteiger partial charge in [0.05, 0.1) is 12.8 Å². The fourth-order valence-electron chi connectivity index (χ4n) is 1.79. The van der Waals surface area contributed by atoms with Crippen molar-refractivity contribution in [2.24, 2.45) is 0 Å². The monoisotopic (exact) mass is 323 g/mol. The van der Waals surface area contributed by atoms with Gasteiger partial charge >= 0.3 is 16.1 Å². The SMILES string of the molecule is COc1ccc(N)c(C(=O)O)c1OS(=O)(=O)c1ccccc1. The smallest absolute Gasteiger partial charge is 0.341 e. The number of hydrogen-bond acceptors (Lipinski definition) is 6. The predicted octanol–water partition coefficient (Wildman–Crippen LogP) is 1.74. The van der Waals surface area contributed by atoms with Crippen molar-refractivity contribution in [1.29, 1.82) is 0 Å². The number of benzene rings is 2. The average molecular weight is 323 g/mol. The van der Waals surface area contributed by atoms with Crippen LogP contribution < -0.4 is 14.7 Å². The molecule has 0 aliphatic rings. The zero-order valence-corrected chi connectivity index (χ0v) is 12.3. The fraction of sp³-hybridized carbons (Fsp3) is 0.0714. The highest BCUT2D eigenvalue weighted by Gasteiger charge is 2.26. The van der Waals surface area contributed by atoms with Gasteiger partial charge in [-0.1, -0.05) is 18.2 Å². The van der Waals surface area contributed by atoms with E-state index < -0.39 is 27.4 Å². The third-order valence-electron chi connectivity index (χ3n) is 2.81. The van der Waals surface area contributed by atoms with Crippen molar-refractivity contribution in [3.63, 3.8) is 0 Å². The number of aromatic carboxylic acids is 1. The van der Waals surface area contributed by atoms with E-state index in [9.17, 15) is 18.3 Å². The maximum absolute atomic E-state index is 12.2. The van der Waals surface area contributed by atoms with E-state index in [-0.39, 0.29) is 16.3 Å². The van der Waals surface area contributed by atoms with Gasteiger partial charge in [-0.25, -0.2) is 4.79 Å². The van der Waals surface area contributed by atoms with E-state index in [1.165, 1.54) is 43.5 Å². The molecule has 3 N–H and O–H groups in total. The summed E-state index contributed by atoms with van der Waals surface area (Å²) >= 11 is 0. The lowest BCUT2D eigenvalue weighted by atomic mass is 10.1. The summed E-state index contributed by atoms with van der Waals surface area (Å²) in [5.41, 5.74) is 4.99. The van der Waals surface area contributed by atoms with E-state index in [1.807, 2.05) is 0 Å². The molecule has 0 aromatic heterocycles.